The molecule has 1 fully saturated rings. The molecule has 0 radical (unpaired) electrons. The van der Waals surface area contributed by atoms with Crippen LogP contribution in [0.15, 0.2) is 24.3 Å². The zero-order valence-corrected chi connectivity index (χ0v) is 18.5. The fourth-order valence-corrected chi connectivity index (χ4v) is 5.75. The summed E-state index contributed by atoms with van der Waals surface area (Å²) in [5.41, 5.74) is -0.0738. The monoisotopic (exact) mass is 490 g/mol. The van der Waals surface area contributed by atoms with E-state index in [-0.39, 0.29) is 17.7 Å². The first-order valence-electron chi connectivity index (χ1n) is 9.68. The van der Waals surface area contributed by atoms with E-state index in [4.69, 9.17) is 9.47 Å². The molecule has 176 valence electrons. The molecule has 0 aliphatic carbocycles. The summed E-state index contributed by atoms with van der Waals surface area (Å²) in [5.74, 6) is -0.292. The Bertz CT molecular complexity index is 804. The van der Waals surface area contributed by atoms with E-state index >= 15 is 0 Å². The van der Waals surface area contributed by atoms with Crippen molar-refractivity contribution >= 4 is 33.5 Å². The summed E-state index contributed by atoms with van der Waals surface area (Å²) in [6.07, 6.45) is 2.49. The SMILES string of the molecule is O=C(CCCCC1CCSS1)Oc1ccccc1C(=O)OCC(CO[N+](=O)[O-])O[N+](=O)[O-]. The Balaban J connectivity index is 1.84. The molecule has 1 aliphatic rings. The van der Waals surface area contributed by atoms with Crippen molar-refractivity contribution in [2.75, 3.05) is 19.0 Å². The second-order valence-electron chi connectivity index (χ2n) is 6.61. The highest BCUT2D eigenvalue weighted by Crippen LogP contribution is 2.39. The van der Waals surface area contributed by atoms with E-state index in [9.17, 15) is 29.8 Å². The second-order valence-corrected chi connectivity index (χ2v) is 9.40. The third-order valence-electron chi connectivity index (χ3n) is 4.22. The van der Waals surface area contributed by atoms with E-state index < -0.39 is 41.4 Å². The number of benzene rings is 1. The zero-order valence-electron chi connectivity index (χ0n) is 16.9. The van der Waals surface area contributed by atoms with Crippen LogP contribution in [0.5, 0.6) is 5.75 Å². The fourth-order valence-electron chi connectivity index (χ4n) is 2.72. The summed E-state index contributed by atoms with van der Waals surface area (Å²) in [6.45, 7) is -1.50. The molecule has 14 heteroatoms. The molecule has 32 heavy (non-hydrogen) atoms. The van der Waals surface area contributed by atoms with Crippen LogP contribution in [-0.2, 0) is 19.2 Å². The number of unbranched alkanes of at least 4 members (excludes halogenated alkanes) is 1. The van der Waals surface area contributed by atoms with E-state index in [1.54, 1.807) is 6.07 Å². The molecular weight excluding hydrogens is 468 g/mol. The molecule has 1 saturated heterocycles. The third-order valence-corrected chi connectivity index (χ3v) is 7.22. The first kappa shape index (κ1) is 25.5. The molecule has 12 nitrogen and oxygen atoms in total. The maximum Gasteiger partial charge on any atom is 0.342 e. The molecule has 0 N–H and O–H groups in total. The Labute approximate surface area is 190 Å². The fraction of sp³-hybridized carbons (Fsp3) is 0.556. The highest BCUT2D eigenvalue weighted by Gasteiger charge is 2.22. The summed E-state index contributed by atoms with van der Waals surface area (Å²) in [5, 5.41) is 19.0. The van der Waals surface area contributed by atoms with Gasteiger partial charge in [0.1, 0.15) is 24.5 Å². The average molecular weight is 491 g/mol. The van der Waals surface area contributed by atoms with Gasteiger partial charge in [-0.25, -0.2) is 4.79 Å². The van der Waals surface area contributed by atoms with Crippen molar-refractivity contribution in [2.24, 2.45) is 0 Å². The number of nitrogens with zero attached hydrogens (tertiary/aromatic N) is 2. The standard InChI is InChI=1S/C18H22N2O10S2/c21-17(8-4-1-5-14-9-10-31-32-14)29-16-7-3-2-6-15(16)18(22)27-11-13(30-20(25)26)12-28-19(23)24/h2-3,6-7,13-14H,1,4-5,8-12H2. The summed E-state index contributed by atoms with van der Waals surface area (Å²) in [6, 6.07) is 5.86. The Morgan fingerprint density at radius 3 is 2.59 bits per heavy atom. The molecule has 2 atom stereocenters. The molecule has 2 rings (SSSR count). The minimum atomic E-state index is -1.51. The first-order valence-corrected chi connectivity index (χ1v) is 12.1. The smallest absolute Gasteiger partial charge is 0.342 e. The van der Waals surface area contributed by atoms with Crippen LogP contribution in [0.3, 0.4) is 0 Å². The predicted octanol–water partition coefficient (Wildman–Crippen LogP) is 3.25. The van der Waals surface area contributed by atoms with E-state index in [1.165, 1.54) is 24.6 Å². The van der Waals surface area contributed by atoms with Gasteiger partial charge in [-0.1, -0.05) is 40.1 Å². The van der Waals surface area contributed by atoms with Crippen molar-refractivity contribution in [2.45, 2.75) is 43.5 Å². The van der Waals surface area contributed by atoms with Crippen molar-refractivity contribution in [3.05, 3.63) is 50.1 Å². The molecule has 1 aliphatic heterocycles. The van der Waals surface area contributed by atoms with Crippen LogP contribution >= 0.6 is 21.6 Å². The quantitative estimate of drug-likeness (QED) is 0.0937. The Hall–Kier alpha value is -2.74. The number of esters is 2. The molecule has 1 heterocycles. The van der Waals surface area contributed by atoms with Crippen molar-refractivity contribution < 1.29 is 38.9 Å². The topological polar surface area (TPSA) is 157 Å². The van der Waals surface area contributed by atoms with Crippen LogP contribution in [0.25, 0.3) is 0 Å². The van der Waals surface area contributed by atoms with Crippen LogP contribution in [0.1, 0.15) is 42.5 Å². The summed E-state index contributed by atoms with van der Waals surface area (Å²) in [7, 11) is 3.75. The van der Waals surface area contributed by atoms with E-state index in [0.29, 0.717) is 11.7 Å². The van der Waals surface area contributed by atoms with Gasteiger partial charge in [0.05, 0.1) is 0 Å². The molecule has 2 unspecified atom stereocenters. The molecule has 0 bridgehead atoms. The number of para-hydroxylation sites is 1. The Morgan fingerprint density at radius 1 is 1.12 bits per heavy atom. The van der Waals surface area contributed by atoms with Crippen LogP contribution in [0.2, 0.25) is 0 Å². The normalized spacial score (nSPS) is 16.1. The number of ether oxygens (including phenoxy) is 2. The summed E-state index contributed by atoms with van der Waals surface area (Å²) >= 11 is 0. The molecule has 0 amide bonds. The lowest BCUT2D eigenvalue weighted by atomic mass is 10.1. The van der Waals surface area contributed by atoms with Gasteiger partial charge >= 0.3 is 11.9 Å². The number of carbonyl (C=O) groups is 2. The van der Waals surface area contributed by atoms with Gasteiger partial charge in [-0.2, -0.15) is 0 Å². The average Bonchev–Trinajstić information content (AvgIpc) is 3.26. The molecular formula is C18H22N2O10S2. The Kier molecular flexibility index (Phi) is 10.9. The van der Waals surface area contributed by atoms with Crippen molar-refractivity contribution in [3.8, 4) is 5.75 Å². The van der Waals surface area contributed by atoms with Gasteiger partial charge in [0.15, 0.2) is 6.10 Å². The van der Waals surface area contributed by atoms with E-state index in [1.807, 2.05) is 21.6 Å². The van der Waals surface area contributed by atoms with Crippen LogP contribution in [0.4, 0.5) is 0 Å². The van der Waals surface area contributed by atoms with Gasteiger partial charge < -0.3 is 19.1 Å². The van der Waals surface area contributed by atoms with Crippen LogP contribution in [0, 0.1) is 20.2 Å². The molecule has 1 aromatic carbocycles. The van der Waals surface area contributed by atoms with Gasteiger partial charge in [0.25, 0.3) is 10.2 Å². The summed E-state index contributed by atoms with van der Waals surface area (Å²) in [4.78, 5) is 53.5. The first-order chi connectivity index (χ1) is 15.3. The number of carbonyl (C=O) groups excluding carboxylic acids is 2. The predicted molar refractivity (Wildman–Crippen MR) is 114 cm³/mol. The zero-order chi connectivity index (χ0) is 23.3. The summed E-state index contributed by atoms with van der Waals surface area (Å²) < 4.78 is 10.2. The largest absolute Gasteiger partial charge is 0.460 e. The lowest BCUT2D eigenvalue weighted by Gasteiger charge is -2.15. The lowest BCUT2D eigenvalue weighted by Crippen LogP contribution is -2.30. The maximum atomic E-state index is 12.4. The molecule has 1 aromatic rings. The van der Waals surface area contributed by atoms with Gasteiger partial charge in [-0.05, 0) is 31.4 Å². The Morgan fingerprint density at radius 2 is 1.91 bits per heavy atom. The van der Waals surface area contributed by atoms with Crippen molar-refractivity contribution in [3.63, 3.8) is 0 Å². The van der Waals surface area contributed by atoms with Gasteiger partial charge in [0, 0.05) is 17.4 Å². The molecule has 0 spiro atoms. The van der Waals surface area contributed by atoms with Gasteiger partial charge in [0.2, 0.25) is 0 Å². The van der Waals surface area contributed by atoms with Crippen molar-refractivity contribution in [1.29, 1.82) is 0 Å². The maximum absolute atomic E-state index is 12.4. The van der Waals surface area contributed by atoms with Crippen molar-refractivity contribution in [1.82, 2.24) is 0 Å². The van der Waals surface area contributed by atoms with E-state index in [0.717, 1.165) is 18.6 Å². The molecule has 0 aromatic heterocycles. The number of hydrogen-bond donors (Lipinski definition) is 0. The minimum absolute atomic E-state index is 0.0152. The second kappa shape index (κ2) is 13.6. The third kappa shape index (κ3) is 9.60. The van der Waals surface area contributed by atoms with Gasteiger partial charge in [-0.3, -0.25) is 4.79 Å². The number of hydrogen-bond acceptors (Lipinski definition) is 12. The van der Waals surface area contributed by atoms with Crippen LogP contribution in [-0.4, -0.2) is 52.4 Å². The number of rotatable bonds is 14. The highest BCUT2D eigenvalue weighted by atomic mass is 33.1. The van der Waals surface area contributed by atoms with Crippen LogP contribution < -0.4 is 4.74 Å². The van der Waals surface area contributed by atoms with E-state index in [2.05, 4.69) is 9.68 Å². The lowest BCUT2D eigenvalue weighted by molar-refractivity contribution is -0.790. The molecule has 0 saturated carbocycles. The minimum Gasteiger partial charge on any atom is -0.460 e. The van der Waals surface area contributed by atoms with Gasteiger partial charge in [-0.15, -0.1) is 20.2 Å². The highest BCUT2D eigenvalue weighted by molar-refractivity contribution is 8.77.